The number of aromatic nitrogens is 1. The van der Waals surface area contributed by atoms with Crippen molar-refractivity contribution in [3.05, 3.63) is 94.2 Å². The molecule has 0 spiro atoms. The number of nitrogens with one attached hydrogen (secondary N) is 3. The molecule has 10 nitrogen and oxygen atoms in total. The molecule has 3 aromatic carbocycles. The number of amides is 1. The summed E-state index contributed by atoms with van der Waals surface area (Å²) >= 11 is 6.60. The molecule has 2 saturated heterocycles. The lowest BCUT2D eigenvalue weighted by Crippen LogP contribution is -2.24. The number of halogens is 1. The minimum absolute atomic E-state index is 0.148. The Bertz CT molecular complexity index is 1880. The van der Waals surface area contributed by atoms with Gasteiger partial charge in [-0.15, -0.1) is 0 Å². The number of nitriles is 2. The van der Waals surface area contributed by atoms with Gasteiger partial charge in [-0.05, 0) is 67.9 Å². The molecule has 232 valence electrons. The van der Waals surface area contributed by atoms with E-state index in [4.69, 9.17) is 31.1 Å². The number of anilines is 3. The molecule has 0 bridgehead atoms. The number of piperidine rings is 1. The zero-order chi connectivity index (χ0) is 31.9. The van der Waals surface area contributed by atoms with E-state index in [0.29, 0.717) is 68.8 Å². The van der Waals surface area contributed by atoms with Crippen molar-refractivity contribution in [2.75, 3.05) is 36.9 Å². The number of pyridine rings is 1. The summed E-state index contributed by atoms with van der Waals surface area (Å²) in [5, 5.41) is 29.8. The average molecular weight is 635 g/mol. The van der Waals surface area contributed by atoms with E-state index in [1.165, 1.54) is 6.20 Å². The van der Waals surface area contributed by atoms with Crippen LogP contribution in [-0.2, 0) is 16.1 Å². The summed E-state index contributed by atoms with van der Waals surface area (Å²) in [5.41, 5.74) is 4.97. The zero-order valence-electron chi connectivity index (χ0n) is 24.9. The number of hydrogen-bond donors (Lipinski definition) is 3. The summed E-state index contributed by atoms with van der Waals surface area (Å²) in [7, 11) is 0. The quantitative estimate of drug-likeness (QED) is 0.179. The maximum atomic E-state index is 13.1. The Balaban J connectivity index is 1.29. The van der Waals surface area contributed by atoms with Crippen LogP contribution in [0.25, 0.3) is 10.9 Å². The Kier molecular flexibility index (Phi) is 9.61. The molecule has 1 amide bonds. The number of benzene rings is 3. The monoisotopic (exact) mass is 634 g/mol. The van der Waals surface area contributed by atoms with Gasteiger partial charge in [0.2, 0.25) is 5.91 Å². The lowest BCUT2D eigenvalue weighted by molar-refractivity contribution is -0.112. The minimum atomic E-state index is -0.246. The topological polar surface area (TPSA) is 141 Å². The molecule has 2 aliphatic rings. The van der Waals surface area contributed by atoms with Crippen molar-refractivity contribution in [3.8, 4) is 23.6 Å². The Hall–Kier alpha value is -5.13. The third kappa shape index (κ3) is 7.39. The molecular weight excluding hydrogens is 604 g/mol. The first-order chi connectivity index (χ1) is 22.5. The molecule has 4 aromatic rings. The molecule has 2 fully saturated rings. The standard InChI is InChI=1S/C35H31ClN6O4/c36-29-14-26(4-5-32(29)45-20-24-3-1-2-23(12-24)17-37)41-35-25(18-38)19-40-30-16-33(46-27-8-11-44-21-27)31(15-28(30)35)42-34(43)13-22-6-9-39-10-7-22/h1-5,12-16,19,27,39H,6-11,20-21H2,(H,40,41)(H,42,43). The van der Waals surface area contributed by atoms with Gasteiger partial charge in [0.1, 0.15) is 30.3 Å². The second-order valence-electron chi connectivity index (χ2n) is 11.0. The van der Waals surface area contributed by atoms with Crippen LogP contribution >= 0.6 is 11.6 Å². The van der Waals surface area contributed by atoms with Gasteiger partial charge < -0.3 is 30.2 Å². The second kappa shape index (κ2) is 14.3. The van der Waals surface area contributed by atoms with Crippen LogP contribution in [0, 0.1) is 22.7 Å². The normalized spacial score (nSPS) is 15.9. The van der Waals surface area contributed by atoms with Gasteiger partial charge in [0.05, 0.1) is 52.3 Å². The molecule has 3 heterocycles. The van der Waals surface area contributed by atoms with Crippen molar-refractivity contribution >= 4 is 45.5 Å². The molecule has 11 heteroatoms. The molecule has 1 atom stereocenters. The zero-order valence-corrected chi connectivity index (χ0v) is 25.7. The summed E-state index contributed by atoms with van der Waals surface area (Å²) in [5.74, 6) is 0.706. The molecule has 6 rings (SSSR count). The number of rotatable bonds is 9. The second-order valence-corrected chi connectivity index (χ2v) is 11.4. The van der Waals surface area contributed by atoms with E-state index in [-0.39, 0.29) is 18.6 Å². The Morgan fingerprint density at radius 1 is 1.11 bits per heavy atom. The van der Waals surface area contributed by atoms with Gasteiger partial charge in [-0.25, -0.2) is 0 Å². The highest BCUT2D eigenvalue weighted by molar-refractivity contribution is 6.32. The van der Waals surface area contributed by atoms with Crippen LogP contribution in [0.15, 0.2) is 72.4 Å². The maximum absolute atomic E-state index is 13.1. The van der Waals surface area contributed by atoms with Crippen molar-refractivity contribution in [3.63, 3.8) is 0 Å². The van der Waals surface area contributed by atoms with Crippen molar-refractivity contribution in [2.24, 2.45) is 0 Å². The van der Waals surface area contributed by atoms with Gasteiger partial charge in [0.15, 0.2) is 0 Å². The summed E-state index contributed by atoms with van der Waals surface area (Å²) in [6.45, 7) is 3.00. The molecule has 0 aliphatic carbocycles. The van der Waals surface area contributed by atoms with Gasteiger partial charge >= 0.3 is 0 Å². The van der Waals surface area contributed by atoms with E-state index in [0.717, 1.165) is 43.5 Å². The number of nitrogens with zero attached hydrogens (tertiary/aromatic N) is 3. The van der Waals surface area contributed by atoms with Crippen molar-refractivity contribution in [1.29, 1.82) is 10.5 Å². The van der Waals surface area contributed by atoms with Crippen LogP contribution < -0.4 is 25.4 Å². The van der Waals surface area contributed by atoms with Crippen molar-refractivity contribution < 1.29 is 19.0 Å². The first kappa shape index (κ1) is 30.9. The first-order valence-corrected chi connectivity index (χ1v) is 15.4. The highest BCUT2D eigenvalue weighted by Gasteiger charge is 2.22. The van der Waals surface area contributed by atoms with E-state index in [9.17, 15) is 10.1 Å². The number of carbonyl (C=O) groups is 1. The lowest BCUT2D eigenvalue weighted by Gasteiger charge is -2.19. The molecule has 3 N–H and O–H groups in total. The predicted molar refractivity (Wildman–Crippen MR) is 175 cm³/mol. The Morgan fingerprint density at radius 2 is 1.98 bits per heavy atom. The highest BCUT2D eigenvalue weighted by atomic mass is 35.5. The van der Waals surface area contributed by atoms with E-state index in [2.05, 4.69) is 33.1 Å². The molecule has 0 saturated carbocycles. The van der Waals surface area contributed by atoms with Gasteiger partial charge in [0.25, 0.3) is 0 Å². The summed E-state index contributed by atoms with van der Waals surface area (Å²) in [6, 6.07) is 20.3. The van der Waals surface area contributed by atoms with Gasteiger partial charge in [-0.3, -0.25) is 9.78 Å². The van der Waals surface area contributed by atoms with Gasteiger partial charge in [0, 0.05) is 35.8 Å². The number of fused-ring (bicyclic) bond motifs is 1. The van der Waals surface area contributed by atoms with Gasteiger partial charge in [-0.1, -0.05) is 29.3 Å². The molecule has 1 aromatic heterocycles. The Labute approximate surface area is 271 Å². The number of ether oxygens (including phenoxy) is 3. The molecule has 1 unspecified atom stereocenters. The molecule has 0 radical (unpaired) electrons. The highest BCUT2D eigenvalue weighted by Crippen LogP contribution is 2.38. The van der Waals surface area contributed by atoms with Crippen LogP contribution in [0.2, 0.25) is 5.02 Å². The van der Waals surface area contributed by atoms with Crippen LogP contribution in [0.5, 0.6) is 11.5 Å². The maximum Gasteiger partial charge on any atom is 0.248 e. The van der Waals surface area contributed by atoms with E-state index >= 15 is 0 Å². The minimum Gasteiger partial charge on any atom is -0.487 e. The molecule has 46 heavy (non-hydrogen) atoms. The number of hydrogen-bond acceptors (Lipinski definition) is 9. The van der Waals surface area contributed by atoms with E-state index < -0.39 is 0 Å². The number of carbonyl (C=O) groups excluding carboxylic acids is 1. The van der Waals surface area contributed by atoms with E-state index in [1.807, 2.05) is 6.07 Å². The Morgan fingerprint density at radius 3 is 2.74 bits per heavy atom. The smallest absolute Gasteiger partial charge is 0.248 e. The van der Waals surface area contributed by atoms with Crippen LogP contribution in [0.1, 0.15) is 36.0 Å². The third-order valence-electron chi connectivity index (χ3n) is 7.76. The fraction of sp³-hybridized carbons (Fsp3) is 0.257. The summed E-state index contributed by atoms with van der Waals surface area (Å²) in [6.07, 6.45) is 5.38. The lowest BCUT2D eigenvalue weighted by atomic mass is 10.0. The summed E-state index contributed by atoms with van der Waals surface area (Å²) < 4.78 is 17.7. The largest absolute Gasteiger partial charge is 0.487 e. The van der Waals surface area contributed by atoms with Crippen LogP contribution in [0.4, 0.5) is 17.1 Å². The fourth-order valence-corrected chi connectivity index (χ4v) is 5.63. The molecular formula is C35H31ClN6O4. The van der Waals surface area contributed by atoms with Crippen LogP contribution in [0.3, 0.4) is 0 Å². The van der Waals surface area contributed by atoms with E-state index in [1.54, 1.807) is 54.6 Å². The SMILES string of the molecule is N#Cc1cccc(COc2ccc(Nc3c(C#N)cnc4cc(OC5CCOC5)c(NC(=O)C=C5CCNCC5)cc34)cc2Cl)c1. The predicted octanol–water partition coefficient (Wildman–Crippen LogP) is 6.37. The first-order valence-electron chi connectivity index (χ1n) is 15.0. The third-order valence-corrected chi connectivity index (χ3v) is 8.06. The summed E-state index contributed by atoms with van der Waals surface area (Å²) in [4.78, 5) is 17.7. The van der Waals surface area contributed by atoms with Crippen molar-refractivity contribution in [2.45, 2.75) is 32.0 Å². The molecule has 2 aliphatic heterocycles. The fourth-order valence-electron chi connectivity index (χ4n) is 5.40. The van der Waals surface area contributed by atoms with Crippen LogP contribution in [-0.4, -0.2) is 43.3 Å². The average Bonchev–Trinajstić information content (AvgIpc) is 3.59. The van der Waals surface area contributed by atoms with Gasteiger partial charge in [-0.2, -0.15) is 10.5 Å². The van der Waals surface area contributed by atoms with Crippen molar-refractivity contribution in [1.82, 2.24) is 10.3 Å².